The van der Waals surface area contributed by atoms with Gasteiger partial charge in [0.25, 0.3) is 5.91 Å². The highest BCUT2D eigenvalue weighted by Crippen LogP contribution is 2.28. The second kappa shape index (κ2) is 6.62. The van der Waals surface area contributed by atoms with Gasteiger partial charge in [-0.1, -0.05) is 30.3 Å². The van der Waals surface area contributed by atoms with Crippen LogP contribution >= 0.6 is 11.3 Å². The van der Waals surface area contributed by atoms with Crippen LogP contribution in [0.1, 0.15) is 15.2 Å². The molecule has 4 heteroatoms. The van der Waals surface area contributed by atoms with Gasteiger partial charge in [0.2, 0.25) is 0 Å². The van der Waals surface area contributed by atoms with Gasteiger partial charge in [-0.3, -0.25) is 4.79 Å². The molecule has 1 heterocycles. The molecule has 112 valence electrons. The number of nitrogens with one attached hydrogen (secondary N) is 1. The SMILES string of the molecule is COc1ccc2sc(C(=O)NCCc3ccccc3)cc2c1. The standard InChI is InChI=1S/C18H17NO2S/c1-21-15-7-8-16-14(11-15)12-17(22-16)18(20)19-10-9-13-5-3-2-4-6-13/h2-8,11-12H,9-10H2,1H3,(H,19,20). The predicted octanol–water partition coefficient (Wildman–Crippen LogP) is 3.88. The molecule has 22 heavy (non-hydrogen) atoms. The van der Waals surface area contributed by atoms with Gasteiger partial charge in [-0.15, -0.1) is 11.3 Å². The first-order valence-corrected chi connectivity index (χ1v) is 7.97. The van der Waals surface area contributed by atoms with Gasteiger partial charge in [-0.2, -0.15) is 0 Å². The zero-order chi connectivity index (χ0) is 15.4. The van der Waals surface area contributed by atoms with Crippen molar-refractivity contribution in [3.8, 4) is 5.75 Å². The molecule has 3 aromatic rings. The van der Waals surface area contributed by atoms with Crippen LogP contribution in [0, 0.1) is 0 Å². The Hall–Kier alpha value is -2.33. The third-order valence-corrected chi connectivity index (χ3v) is 4.60. The van der Waals surface area contributed by atoms with E-state index in [9.17, 15) is 4.79 Å². The molecule has 0 fully saturated rings. The molecule has 2 aromatic carbocycles. The summed E-state index contributed by atoms with van der Waals surface area (Å²) in [5, 5.41) is 4.02. The van der Waals surface area contributed by atoms with Crippen LogP contribution in [-0.2, 0) is 6.42 Å². The summed E-state index contributed by atoms with van der Waals surface area (Å²) >= 11 is 1.50. The molecule has 0 saturated heterocycles. The van der Waals surface area contributed by atoms with Crippen molar-refractivity contribution < 1.29 is 9.53 Å². The number of rotatable bonds is 5. The van der Waals surface area contributed by atoms with Crippen molar-refractivity contribution in [2.24, 2.45) is 0 Å². The second-order valence-electron chi connectivity index (χ2n) is 5.01. The molecule has 1 aromatic heterocycles. The highest BCUT2D eigenvalue weighted by molar-refractivity contribution is 7.20. The molecule has 3 nitrogen and oxygen atoms in total. The Morgan fingerprint density at radius 2 is 1.95 bits per heavy atom. The average Bonchev–Trinajstić information content (AvgIpc) is 2.99. The van der Waals surface area contributed by atoms with E-state index in [1.165, 1.54) is 16.9 Å². The highest BCUT2D eigenvalue weighted by Gasteiger charge is 2.10. The number of hydrogen-bond donors (Lipinski definition) is 1. The van der Waals surface area contributed by atoms with Crippen molar-refractivity contribution >= 4 is 27.3 Å². The molecule has 3 rings (SSSR count). The fraction of sp³-hybridized carbons (Fsp3) is 0.167. The Morgan fingerprint density at radius 3 is 2.73 bits per heavy atom. The van der Waals surface area contributed by atoms with Gasteiger partial charge < -0.3 is 10.1 Å². The minimum absolute atomic E-state index is 0.0175. The van der Waals surface area contributed by atoms with E-state index in [1.54, 1.807) is 7.11 Å². The Morgan fingerprint density at radius 1 is 1.14 bits per heavy atom. The molecular weight excluding hydrogens is 294 g/mol. The monoisotopic (exact) mass is 311 g/mol. The smallest absolute Gasteiger partial charge is 0.261 e. The van der Waals surface area contributed by atoms with E-state index >= 15 is 0 Å². The molecule has 0 atom stereocenters. The first-order valence-electron chi connectivity index (χ1n) is 7.16. The van der Waals surface area contributed by atoms with Crippen LogP contribution in [-0.4, -0.2) is 19.6 Å². The van der Waals surface area contributed by atoms with Gasteiger partial charge in [-0.05, 0) is 41.6 Å². The van der Waals surface area contributed by atoms with Crippen molar-refractivity contribution in [1.82, 2.24) is 5.32 Å². The Bertz CT molecular complexity index is 780. The third kappa shape index (κ3) is 3.28. The molecule has 0 spiro atoms. The van der Waals surface area contributed by atoms with Gasteiger partial charge in [0, 0.05) is 11.2 Å². The molecule has 0 aliphatic rings. The van der Waals surface area contributed by atoms with Crippen molar-refractivity contribution in [2.75, 3.05) is 13.7 Å². The molecule has 0 radical (unpaired) electrons. The lowest BCUT2D eigenvalue weighted by molar-refractivity contribution is 0.0958. The van der Waals surface area contributed by atoms with Crippen molar-refractivity contribution in [3.63, 3.8) is 0 Å². The number of ether oxygens (including phenoxy) is 1. The number of methoxy groups -OCH3 is 1. The van der Waals surface area contributed by atoms with Crippen LogP contribution in [0.25, 0.3) is 10.1 Å². The topological polar surface area (TPSA) is 38.3 Å². The molecule has 1 amide bonds. The van der Waals surface area contributed by atoms with Crippen LogP contribution in [0.5, 0.6) is 5.75 Å². The van der Waals surface area contributed by atoms with Crippen molar-refractivity contribution in [1.29, 1.82) is 0 Å². The normalized spacial score (nSPS) is 10.6. The number of carbonyl (C=O) groups excluding carboxylic acids is 1. The summed E-state index contributed by atoms with van der Waals surface area (Å²) in [5.74, 6) is 0.789. The summed E-state index contributed by atoms with van der Waals surface area (Å²) in [4.78, 5) is 13.0. The summed E-state index contributed by atoms with van der Waals surface area (Å²) in [7, 11) is 1.64. The Balaban J connectivity index is 1.64. The summed E-state index contributed by atoms with van der Waals surface area (Å²) in [6.45, 7) is 0.639. The molecule has 0 bridgehead atoms. The van der Waals surface area contributed by atoms with Gasteiger partial charge in [0.15, 0.2) is 0 Å². The summed E-state index contributed by atoms with van der Waals surface area (Å²) in [6, 6.07) is 17.9. The minimum Gasteiger partial charge on any atom is -0.497 e. The first-order chi connectivity index (χ1) is 10.8. The lowest BCUT2D eigenvalue weighted by atomic mass is 10.1. The molecule has 0 aliphatic heterocycles. The van der Waals surface area contributed by atoms with Crippen molar-refractivity contribution in [2.45, 2.75) is 6.42 Å². The highest BCUT2D eigenvalue weighted by atomic mass is 32.1. The van der Waals surface area contributed by atoms with Gasteiger partial charge in [-0.25, -0.2) is 0 Å². The van der Waals surface area contributed by atoms with Gasteiger partial charge in [0.05, 0.1) is 12.0 Å². The van der Waals surface area contributed by atoms with Crippen LogP contribution in [0.4, 0.5) is 0 Å². The molecule has 0 saturated carbocycles. The minimum atomic E-state index is -0.0175. The third-order valence-electron chi connectivity index (χ3n) is 3.49. The maximum absolute atomic E-state index is 12.2. The zero-order valence-electron chi connectivity index (χ0n) is 12.3. The number of carbonyl (C=O) groups is 1. The number of amides is 1. The second-order valence-corrected chi connectivity index (χ2v) is 6.09. The molecule has 1 N–H and O–H groups in total. The Labute approximate surface area is 133 Å². The number of fused-ring (bicyclic) bond motifs is 1. The lowest BCUT2D eigenvalue weighted by Gasteiger charge is -2.03. The van der Waals surface area contributed by atoms with E-state index in [1.807, 2.05) is 42.5 Å². The summed E-state index contributed by atoms with van der Waals surface area (Å²) < 4.78 is 6.30. The van der Waals surface area contributed by atoms with E-state index in [0.717, 1.165) is 27.1 Å². The first kappa shape index (κ1) is 14.6. The van der Waals surface area contributed by atoms with E-state index in [-0.39, 0.29) is 5.91 Å². The fourth-order valence-corrected chi connectivity index (χ4v) is 3.27. The van der Waals surface area contributed by atoms with E-state index in [2.05, 4.69) is 17.4 Å². The van der Waals surface area contributed by atoms with Crippen LogP contribution < -0.4 is 10.1 Å². The van der Waals surface area contributed by atoms with Gasteiger partial charge >= 0.3 is 0 Å². The molecular formula is C18H17NO2S. The zero-order valence-corrected chi connectivity index (χ0v) is 13.2. The summed E-state index contributed by atoms with van der Waals surface area (Å²) in [5.41, 5.74) is 1.23. The molecule has 0 unspecified atom stereocenters. The summed E-state index contributed by atoms with van der Waals surface area (Å²) in [6.07, 6.45) is 0.839. The fourth-order valence-electron chi connectivity index (χ4n) is 2.31. The maximum atomic E-state index is 12.2. The lowest BCUT2D eigenvalue weighted by Crippen LogP contribution is -2.24. The van der Waals surface area contributed by atoms with E-state index in [0.29, 0.717) is 6.54 Å². The number of thiophene rings is 1. The average molecular weight is 311 g/mol. The van der Waals surface area contributed by atoms with Crippen LogP contribution in [0.2, 0.25) is 0 Å². The van der Waals surface area contributed by atoms with Gasteiger partial charge in [0.1, 0.15) is 5.75 Å². The number of hydrogen-bond acceptors (Lipinski definition) is 3. The van der Waals surface area contributed by atoms with Crippen molar-refractivity contribution in [3.05, 3.63) is 65.0 Å². The maximum Gasteiger partial charge on any atom is 0.261 e. The predicted molar refractivity (Wildman–Crippen MR) is 90.9 cm³/mol. The largest absolute Gasteiger partial charge is 0.497 e. The van der Waals surface area contributed by atoms with Crippen LogP contribution in [0.3, 0.4) is 0 Å². The van der Waals surface area contributed by atoms with E-state index < -0.39 is 0 Å². The quantitative estimate of drug-likeness (QED) is 0.776. The number of benzene rings is 2. The molecule has 0 aliphatic carbocycles. The Kier molecular flexibility index (Phi) is 4.39. The van der Waals surface area contributed by atoms with E-state index in [4.69, 9.17) is 4.74 Å². The van der Waals surface area contributed by atoms with Crippen LogP contribution in [0.15, 0.2) is 54.6 Å².